The highest BCUT2D eigenvalue weighted by molar-refractivity contribution is 5.74. The van der Waals surface area contributed by atoms with Crippen LogP contribution in [0.25, 0.3) is 11.1 Å². The molecule has 0 aromatic carbocycles. The Labute approximate surface area is 164 Å². The van der Waals surface area contributed by atoms with Crippen LogP contribution < -0.4 is 15.0 Å². The fourth-order valence-corrected chi connectivity index (χ4v) is 3.39. The van der Waals surface area contributed by atoms with Crippen LogP contribution in [0.4, 0.5) is 6.01 Å². The Kier molecular flexibility index (Phi) is 5.66. The van der Waals surface area contributed by atoms with Crippen molar-refractivity contribution in [3.05, 3.63) is 12.3 Å². The van der Waals surface area contributed by atoms with Crippen LogP contribution in [0.3, 0.4) is 0 Å². The highest BCUT2D eigenvalue weighted by Crippen LogP contribution is 2.30. The highest BCUT2D eigenvalue weighted by atomic mass is 16.5. The standard InChI is InChI=1S/C20H28N4O4/c1-13(22-14(2)25)11-26-16-5-7-24(8-6-16)20-23-17-9-19(21-10-18(17)28-20)27-12-15-3-4-15/h9-10,13,15-16H,3-8,11-12H2,1-2H3,(H,22,25)/t13-/m0/s1. The first-order valence-electron chi connectivity index (χ1n) is 10.1. The molecule has 28 heavy (non-hydrogen) atoms. The van der Waals surface area contributed by atoms with Gasteiger partial charge in [-0.1, -0.05) is 0 Å². The van der Waals surface area contributed by atoms with Crippen molar-refractivity contribution < 1.29 is 18.7 Å². The molecule has 0 spiro atoms. The number of hydrogen-bond acceptors (Lipinski definition) is 7. The molecule has 2 aliphatic rings. The van der Waals surface area contributed by atoms with Gasteiger partial charge < -0.3 is 24.1 Å². The molecule has 1 aliphatic carbocycles. The number of hydrogen-bond donors (Lipinski definition) is 1. The monoisotopic (exact) mass is 388 g/mol. The van der Waals surface area contributed by atoms with Crippen LogP contribution in [-0.2, 0) is 9.53 Å². The summed E-state index contributed by atoms with van der Waals surface area (Å²) in [5.41, 5.74) is 1.45. The van der Waals surface area contributed by atoms with Crippen molar-refractivity contribution in [2.24, 2.45) is 5.92 Å². The van der Waals surface area contributed by atoms with Crippen molar-refractivity contribution in [2.45, 2.75) is 51.7 Å². The summed E-state index contributed by atoms with van der Waals surface area (Å²) in [5.74, 6) is 1.27. The zero-order chi connectivity index (χ0) is 19.5. The van der Waals surface area contributed by atoms with E-state index in [1.807, 2.05) is 13.0 Å². The first kappa shape index (κ1) is 19.0. The summed E-state index contributed by atoms with van der Waals surface area (Å²) < 4.78 is 17.6. The number of fused-ring (bicyclic) bond motifs is 1. The molecule has 1 aliphatic heterocycles. The van der Waals surface area contributed by atoms with Crippen molar-refractivity contribution in [3.8, 4) is 5.88 Å². The van der Waals surface area contributed by atoms with Gasteiger partial charge in [0.2, 0.25) is 11.8 Å². The van der Waals surface area contributed by atoms with Crippen molar-refractivity contribution in [3.63, 3.8) is 0 Å². The Balaban J connectivity index is 1.29. The lowest BCUT2D eigenvalue weighted by atomic mass is 10.1. The molecule has 4 rings (SSSR count). The molecular weight excluding hydrogens is 360 g/mol. The smallest absolute Gasteiger partial charge is 0.298 e. The summed E-state index contributed by atoms with van der Waals surface area (Å²) in [6.07, 6.45) is 6.19. The van der Waals surface area contributed by atoms with Crippen LogP contribution in [0.15, 0.2) is 16.7 Å². The van der Waals surface area contributed by atoms with E-state index in [4.69, 9.17) is 13.9 Å². The lowest BCUT2D eigenvalue weighted by Crippen LogP contribution is -2.40. The molecule has 1 saturated carbocycles. The number of ether oxygens (including phenoxy) is 2. The maximum atomic E-state index is 11.1. The Morgan fingerprint density at radius 2 is 2.14 bits per heavy atom. The Hall–Kier alpha value is -2.35. The first-order valence-corrected chi connectivity index (χ1v) is 10.1. The van der Waals surface area contributed by atoms with E-state index in [0.29, 0.717) is 30.0 Å². The van der Waals surface area contributed by atoms with Gasteiger partial charge in [0.15, 0.2) is 5.58 Å². The van der Waals surface area contributed by atoms with Gasteiger partial charge in [0.25, 0.3) is 6.01 Å². The lowest BCUT2D eigenvalue weighted by Gasteiger charge is -2.31. The number of pyridine rings is 1. The molecule has 8 heteroatoms. The average Bonchev–Trinajstić information content (AvgIpc) is 3.41. The van der Waals surface area contributed by atoms with Gasteiger partial charge in [-0.05, 0) is 38.5 Å². The highest BCUT2D eigenvalue weighted by Gasteiger charge is 2.25. The topological polar surface area (TPSA) is 89.7 Å². The number of oxazole rings is 1. The van der Waals surface area contributed by atoms with E-state index in [-0.39, 0.29) is 18.1 Å². The van der Waals surface area contributed by atoms with E-state index in [0.717, 1.165) is 38.1 Å². The normalized spacial score (nSPS) is 19.0. The molecule has 8 nitrogen and oxygen atoms in total. The van der Waals surface area contributed by atoms with Gasteiger partial charge in [0.05, 0.1) is 25.5 Å². The zero-order valence-corrected chi connectivity index (χ0v) is 16.5. The molecule has 1 saturated heterocycles. The van der Waals surface area contributed by atoms with Crippen LogP contribution >= 0.6 is 0 Å². The van der Waals surface area contributed by atoms with Crippen molar-refractivity contribution in [2.75, 3.05) is 31.2 Å². The summed E-state index contributed by atoms with van der Waals surface area (Å²) >= 11 is 0. The average molecular weight is 388 g/mol. The number of piperidine rings is 1. The number of amides is 1. The van der Waals surface area contributed by atoms with Gasteiger partial charge in [-0.3, -0.25) is 4.79 Å². The zero-order valence-electron chi connectivity index (χ0n) is 16.5. The third-order valence-corrected chi connectivity index (χ3v) is 5.15. The quantitative estimate of drug-likeness (QED) is 0.743. The second-order valence-corrected chi connectivity index (χ2v) is 7.86. The van der Waals surface area contributed by atoms with Crippen molar-refractivity contribution in [1.29, 1.82) is 0 Å². The molecule has 3 heterocycles. The van der Waals surface area contributed by atoms with Crippen LogP contribution in [0.1, 0.15) is 39.5 Å². The minimum atomic E-state index is -0.0301. The number of carbonyl (C=O) groups is 1. The van der Waals surface area contributed by atoms with E-state index in [9.17, 15) is 4.79 Å². The number of aromatic nitrogens is 2. The van der Waals surface area contributed by atoms with Gasteiger partial charge in [-0.15, -0.1) is 0 Å². The predicted octanol–water partition coefficient (Wildman–Crippen LogP) is 2.52. The lowest BCUT2D eigenvalue weighted by molar-refractivity contribution is -0.120. The van der Waals surface area contributed by atoms with Crippen LogP contribution in [0.5, 0.6) is 5.88 Å². The molecule has 1 amide bonds. The molecule has 2 fully saturated rings. The summed E-state index contributed by atoms with van der Waals surface area (Å²) in [4.78, 5) is 22.1. The maximum Gasteiger partial charge on any atom is 0.298 e. The van der Waals surface area contributed by atoms with Gasteiger partial charge >= 0.3 is 0 Å². The summed E-state index contributed by atoms with van der Waals surface area (Å²) in [6, 6.07) is 2.50. The number of nitrogens with one attached hydrogen (secondary N) is 1. The maximum absolute atomic E-state index is 11.1. The minimum absolute atomic E-state index is 0.0244. The van der Waals surface area contributed by atoms with Gasteiger partial charge in [0.1, 0.15) is 5.52 Å². The fraction of sp³-hybridized carbons (Fsp3) is 0.650. The summed E-state index contributed by atoms with van der Waals surface area (Å²) in [6.45, 7) is 6.38. The van der Waals surface area contributed by atoms with Gasteiger partial charge in [-0.25, -0.2) is 4.98 Å². The SMILES string of the molecule is CC(=O)N[C@@H](C)COC1CCN(c2nc3cc(OCC4CC4)ncc3o2)CC1. The van der Waals surface area contributed by atoms with E-state index in [1.165, 1.54) is 19.8 Å². The Bertz CT molecular complexity index is 812. The predicted molar refractivity (Wildman–Crippen MR) is 104 cm³/mol. The van der Waals surface area contributed by atoms with Crippen LogP contribution in [-0.4, -0.2) is 54.3 Å². The van der Waals surface area contributed by atoms with E-state index >= 15 is 0 Å². The fourth-order valence-electron chi connectivity index (χ4n) is 3.39. The molecule has 0 radical (unpaired) electrons. The molecule has 152 valence electrons. The van der Waals surface area contributed by atoms with Crippen molar-refractivity contribution >= 4 is 23.0 Å². The summed E-state index contributed by atoms with van der Waals surface area (Å²) in [5, 5.41) is 2.84. The number of anilines is 1. The van der Waals surface area contributed by atoms with E-state index in [1.54, 1.807) is 6.20 Å². The molecule has 1 N–H and O–H groups in total. The second-order valence-electron chi connectivity index (χ2n) is 7.86. The second kappa shape index (κ2) is 8.34. The third kappa shape index (κ3) is 4.92. The molecule has 1 atom stereocenters. The molecule has 0 unspecified atom stereocenters. The van der Waals surface area contributed by atoms with Gasteiger partial charge in [-0.2, -0.15) is 4.98 Å². The Morgan fingerprint density at radius 3 is 2.86 bits per heavy atom. The van der Waals surface area contributed by atoms with Crippen molar-refractivity contribution in [1.82, 2.24) is 15.3 Å². The molecular formula is C20H28N4O4. The number of nitrogens with zero attached hydrogens (tertiary/aromatic N) is 3. The van der Waals surface area contributed by atoms with E-state index < -0.39 is 0 Å². The number of rotatable bonds is 8. The molecule has 2 aromatic heterocycles. The first-order chi connectivity index (χ1) is 13.6. The molecule has 0 bridgehead atoms. The number of carbonyl (C=O) groups excluding carboxylic acids is 1. The minimum Gasteiger partial charge on any atom is -0.477 e. The summed E-state index contributed by atoms with van der Waals surface area (Å²) in [7, 11) is 0. The Morgan fingerprint density at radius 1 is 1.36 bits per heavy atom. The van der Waals surface area contributed by atoms with E-state index in [2.05, 4.69) is 20.2 Å². The molecule has 2 aromatic rings. The van der Waals surface area contributed by atoms with Gasteiger partial charge in [0, 0.05) is 32.1 Å². The van der Waals surface area contributed by atoms with Crippen LogP contribution in [0, 0.1) is 5.92 Å². The third-order valence-electron chi connectivity index (χ3n) is 5.15. The van der Waals surface area contributed by atoms with Crippen LogP contribution in [0.2, 0.25) is 0 Å². The largest absolute Gasteiger partial charge is 0.477 e.